The summed E-state index contributed by atoms with van der Waals surface area (Å²) in [5.41, 5.74) is 2.16. The number of nitrogens with one attached hydrogen (secondary N) is 1. The quantitative estimate of drug-likeness (QED) is 0.441. The van der Waals surface area contributed by atoms with Crippen LogP contribution >= 0.6 is 0 Å². The van der Waals surface area contributed by atoms with Crippen molar-refractivity contribution in [1.29, 1.82) is 0 Å². The Balaban J connectivity index is 0. The van der Waals surface area contributed by atoms with E-state index in [9.17, 15) is 4.79 Å². The zero-order valence-corrected chi connectivity index (χ0v) is 11.6. The topological polar surface area (TPSA) is 29.1 Å². The molecule has 2 heteroatoms. The maximum absolute atomic E-state index is 11.7. The molecule has 0 unspecified atom stereocenters. The number of carbonyl (C=O) groups is 1. The molecule has 0 saturated carbocycles. The summed E-state index contributed by atoms with van der Waals surface area (Å²) in [7, 11) is 0. The van der Waals surface area contributed by atoms with E-state index in [0.29, 0.717) is 5.57 Å². The summed E-state index contributed by atoms with van der Waals surface area (Å²) >= 11 is 0. The predicted molar refractivity (Wildman–Crippen MR) is 81.1 cm³/mol. The number of carbonyl (C=O) groups excluding carboxylic acids is 1. The minimum atomic E-state index is -0.164. The van der Waals surface area contributed by atoms with Gasteiger partial charge in [0, 0.05) is 11.3 Å². The molecule has 0 aliphatic heterocycles. The molecule has 0 radical (unpaired) electrons. The Morgan fingerprint density at radius 1 is 1.22 bits per heavy atom. The molecule has 0 rings (SSSR count). The lowest BCUT2D eigenvalue weighted by Gasteiger charge is -2.06. The van der Waals surface area contributed by atoms with E-state index < -0.39 is 0 Å². The average Bonchev–Trinajstić information content (AvgIpc) is 2.32. The van der Waals surface area contributed by atoms with Gasteiger partial charge in [0.2, 0.25) is 0 Å². The van der Waals surface area contributed by atoms with E-state index in [-0.39, 0.29) is 5.91 Å². The van der Waals surface area contributed by atoms with Gasteiger partial charge in [-0.3, -0.25) is 4.79 Å². The Bertz CT molecular complexity index is 384. The molecule has 0 aromatic heterocycles. The summed E-state index contributed by atoms with van der Waals surface area (Å²) in [5.74, 6) is -0.164. The third kappa shape index (κ3) is 8.11. The maximum atomic E-state index is 11.7. The molecular weight excluding hydrogens is 222 g/mol. The summed E-state index contributed by atoms with van der Waals surface area (Å²) in [5, 5.41) is 2.79. The number of rotatable bonds is 5. The van der Waals surface area contributed by atoms with Crippen LogP contribution in [0.4, 0.5) is 0 Å². The first-order valence-electron chi connectivity index (χ1n) is 5.65. The van der Waals surface area contributed by atoms with Crippen LogP contribution in [0, 0.1) is 0 Å². The van der Waals surface area contributed by atoms with Crippen LogP contribution in [0.1, 0.15) is 20.8 Å². The fraction of sp³-hybridized carbons (Fsp3) is 0.188. The van der Waals surface area contributed by atoms with E-state index in [1.165, 1.54) is 6.08 Å². The lowest BCUT2D eigenvalue weighted by atomic mass is 10.2. The summed E-state index contributed by atoms with van der Waals surface area (Å²) in [6.07, 6.45) is 8.75. The minimum Gasteiger partial charge on any atom is -0.322 e. The van der Waals surface area contributed by atoms with Crippen molar-refractivity contribution in [3.63, 3.8) is 0 Å². The second-order valence-electron chi connectivity index (χ2n) is 3.35. The van der Waals surface area contributed by atoms with E-state index in [4.69, 9.17) is 0 Å². The van der Waals surface area contributed by atoms with Crippen molar-refractivity contribution in [2.24, 2.45) is 0 Å². The fourth-order valence-electron chi connectivity index (χ4n) is 1.12. The average molecular weight is 245 g/mol. The van der Waals surface area contributed by atoms with Crippen molar-refractivity contribution in [3.05, 3.63) is 73.5 Å². The van der Waals surface area contributed by atoms with Gasteiger partial charge in [-0.15, -0.1) is 13.2 Å². The molecule has 0 saturated heterocycles. The first kappa shape index (κ1) is 18.3. The Morgan fingerprint density at radius 3 is 2.11 bits per heavy atom. The van der Waals surface area contributed by atoms with Crippen molar-refractivity contribution in [3.8, 4) is 0 Å². The molecule has 0 atom stereocenters. The van der Waals surface area contributed by atoms with Crippen LogP contribution < -0.4 is 5.32 Å². The van der Waals surface area contributed by atoms with E-state index >= 15 is 0 Å². The van der Waals surface area contributed by atoms with Crippen LogP contribution in [0.2, 0.25) is 0 Å². The SMILES string of the molecule is C=C.C=C/C(=C\C)C(=O)NC(/C=C\C)=C/C(=C)C. The molecule has 0 aliphatic rings. The molecule has 0 fully saturated rings. The molecule has 1 N–H and O–H groups in total. The highest BCUT2D eigenvalue weighted by atomic mass is 16.1. The number of hydrogen-bond donors (Lipinski definition) is 1. The van der Waals surface area contributed by atoms with Gasteiger partial charge in [0.25, 0.3) is 5.91 Å². The van der Waals surface area contributed by atoms with Gasteiger partial charge < -0.3 is 5.32 Å². The van der Waals surface area contributed by atoms with Crippen molar-refractivity contribution in [1.82, 2.24) is 5.32 Å². The first-order chi connectivity index (χ1) is 8.54. The van der Waals surface area contributed by atoms with Gasteiger partial charge in [-0.25, -0.2) is 0 Å². The van der Waals surface area contributed by atoms with Gasteiger partial charge in [0.15, 0.2) is 0 Å². The van der Waals surface area contributed by atoms with Crippen molar-refractivity contribution < 1.29 is 4.79 Å². The van der Waals surface area contributed by atoms with E-state index in [0.717, 1.165) is 11.3 Å². The molecule has 18 heavy (non-hydrogen) atoms. The Labute approximate surface area is 111 Å². The van der Waals surface area contributed by atoms with Crippen LogP contribution in [0.25, 0.3) is 0 Å². The molecule has 0 spiro atoms. The molecule has 0 bridgehead atoms. The minimum absolute atomic E-state index is 0.164. The lowest BCUT2D eigenvalue weighted by molar-refractivity contribution is -0.116. The monoisotopic (exact) mass is 245 g/mol. The third-order valence-electron chi connectivity index (χ3n) is 1.80. The highest BCUT2D eigenvalue weighted by molar-refractivity contribution is 5.97. The third-order valence-corrected chi connectivity index (χ3v) is 1.80. The largest absolute Gasteiger partial charge is 0.322 e. The lowest BCUT2D eigenvalue weighted by Crippen LogP contribution is -2.22. The molecule has 1 amide bonds. The van der Waals surface area contributed by atoms with Gasteiger partial charge in [0.05, 0.1) is 0 Å². The molecule has 0 aromatic carbocycles. The van der Waals surface area contributed by atoms with Crippen LogP contribution in [0.5, 0.6) is 0 Å². The van der Waals surface area contributed by atoms with Gasteiger partial charge in [0.1, 0.15) is 0 Å². The van der Waals surface area contributed by atoms with Crippen LogP contribution in [0.3, 0.4) is 0 Å². The van der Waals surface area contributed by atoms with Crippen molar-refractivity contribution in [2.45, 2.75) is 20.8 Å². The normalized spacial score (nSPS) is 11.5. The maximum Gasteiger partial charge on any atom is 0.255 e. The fourth-order valence-corrected chi connectivity index (χ4v) is 1.12. The highest BCUT2D eigenvalue weighted by Crippen LogP contribution is 2.02. The zero-order valence-electron chi connectivity index (χ0n) is 11.6. The summed E-state index contributed by atoms with van der Waals surface area (Å²) in [6, 6.07) is 0. The van der Waals surface area contributed by atoms with E-state index in [1.54, 1.807) is 13.0 Å². The molecule has 98 valence electrons. The van der Waals surface area contributed by atoms with Crippen molar-refractivity contribution >= 4 is 5.91 Å². The molecule has 0 heterocycles. The first-order valence-corrected chi connectivity index (χ1v) is 5.65. The molecule has 2 nitrogen and oxygen atoms in total. The Kier molecular flexibility index (Phi) is 11.6. The zero-order chi connectivity index (χ0) is 14.6. The highest BCUT2D eigenvalue weighted by Gasteiger charge is 2.05. The summed E-state index contributed by atoms with van der Waals surface area (Å²) < 4.78 is 0. The standard InChI is InChI=1S/C14H19NO.C2H4/c1-6-9-13(10-11(4)5)15-14(16)12(7-2)8-3;1-2/h6-10H,2,4H2,1,3,5H3,(H,15,16);1-2H2/b9-6-,12-8+,13-10+;. The van der Waals surface area contributed by atoms with Crippen molar-refractivity contribution in [2.75, 3.05) is 0 Å². The molecule has 0 aromatic rings. The molecular formula is C16H23NO. The second-order valence-corrected chi connectivity index (χ2v) is 3.35. The summed E-state index contributed by atoms with van der Waals surface area (Å²) in [4.78, 5) is 11.7. The smallest absolute Gasteiger partial charge is 0.255 e. The molecule has 0 aliphatic carbocycles. The van der Waals surface area contributed by atoms with E-state index in [1.807, 2.05) is 32.1 Å². The van der Waals surface area contributed by atoms with Crippen LogP contribution in [0.15, 0.2) is 73.5 Å². The Morgan fingerprint density at radius 2 is 1.78 bits per heavy atom. The Hall–Kier alpha value is -2.09. The number of amides is 1. The van der Waals surface area contributed by atoms with Gasteiger partial charge >= 0.3 is 0 Å². The number of allylic oxidation sites excluding steroid dienone is 5. The van der Waals surface area contributed by atoms with E-state index in [2.05, 4.69) is 31.6 Å². The summed E-state index contributed by atoms with van der Waals surface area (Å²) in [6.45, 7) is 18.9. The van der Waals surface area contributed by atoms with Crippen LogP contribution in [-0.2, 0) is 4.79 Å². The van der Waals surface area contributed by atoms with Crippen LogP contribution in [-0.4, -0.2) is 5.91 Å². The predicted octanol–water partition coefficient (Wildman–Crippen LogP) is 4.07. The van der Waals surface area contributed by atoms with Gasteiger partial charge in [-0.2, -0.15) is 0 Å². The second kappa shape index (κ2) is 11.4. The number of hydrogen-bond acceptors (Lipinski definition) is 1. The van der Waals surface area contributed by atoms with Gasteiger partial charge in [-0.05, 0) is 32.9 Å². The van der Waals surface area contributed by atoms with Gasteiger partial charge in [-0.1, -0.05) is 37.0 Å².